The molecule has 1 fully saturated rings. The molecule has 0 amide bonds. The minimum absolute atomic E-state index is 0.0270. The van der Waals surface area contributed by atoms with Crippen LogP contribution in [0.15, 0.2) is 0 Å². The summed E-state index contributed by atoms with van der Waals surface area (Å²) in [6.45, 7) is 0. The summed E-state index contributed by atoms with van der Waals surface area (Å²) in [7, 11) is 3.50. The quantitative estimate of drug-likeness (QED) is 0.535. The fourth-order valence-electron chi connectivity index (χ4n) is 2.65. The molecule has 0 aliphatic heterocycles. The van der Waals surface area contributed by atoms with Gasteiger partial charge in [-0.15, -0.1) is 10.2 Å². The van der Waals surface area contributed by atoms with Gasteiger partial charge in [0.05, 0.1) is 18.7 Å². The third kappa shape index (κ3) is 2.46. The molecule has 0 bridgehead atoms. The zero-order valence-electron chi connectivity index (χ0n) is 10.4. The molecule has 1 aromatic heterocycles. The molecule has 1 aliphatic rings. The average Bonchev–Trinajstić information content (AvgIpc) is 2.95. The number of hydrogen-bond acceptors (Lipinski definition) is 6. The first kappa shape index (κ1) is 12.4. The molecule has 1 unspecified atom stereocenters. The van der Waals surface area contributed by atoms with E-state index in [1.165, 1.54) is 17.6 Å². The molecule has 1 atom stereocenters. The number of tetrazole rings is 1. The number of ether oxygens (including phenoxy) is 1. The van der Waals surface area contributed by atoms with E-state index in [9.17, 15) is 0 Å². The summed E-state index contributed by atoms with van der Waals surface area (Å²) in [5.41, 5.74) is 2.66. The van der Waals surface area contributed by atoms with Crippen LogP contribution in [-0.4, -0.2) is 39.0 Å². The van der Waals surface area contributed by atoms with Crippen molar-refractivity contribution in [2.24, 2.45) is 12.9 Å². The van der Waals surface area contributed by atoms with Gasteiger partial charge in [-0.05, 0) is 18.1 Å². The van der Waals surface area contributed by atoms with Crippen LogP contribution in [0.3, 0.4) is 0 Å². The lowest BCUT2D eigenvalue weighted by Crippen LogP contribution is -2.54. The molecule has 2 rings (SSSR count). The van der Waals surface area contributed by atoms with Gasteiger partial charge < -0.3 is 4.74 Å². The summed E-state index contributed by atoms with van der Waals surface area (Å²) >= 11 is 0. The van der Waals surface area contributed by atoms with Crippen molar-refractivity contribution in [3.63, 3.8) is 0 Å². The van der Waals surface area contributed by atoms with Crippen molar-refractivity contribution in [3.8, 4) is 0 Å². The maximum absolute atomic E-state index is 5.71. The Bertz CT molecular complexity index is 359. The Balaban J connectivity index is 2.10. The van der Waals surface area contributed by atoms with E-state index >= 15 is 0 Å². The number of hydrogen-bond donors (Lipinski definition) is 2. The fourth-order valence-corrected chi connectivity index (χ4v) is 2.65. The summed E-state index contributed by atoms with van der Waals surface area (Å²) in [5, 5.41) is 12.0. The van der Waals surface area contributed by atoms with Crippen molar-refractivity contribution >= 4 is 0 Å². The molecule has 1 heterocycles. The van der Waals surface area contributed by atoms with Crippen molar-refractivity contribution in [1.29, 1.82) is 0 Å². The fraction of sp³-hybridized carbons (Fsp3) is 0.900. The minimum atomic E-state index is -0.187. The van der Waals surface area contributed by atoms with Crippen molar-refractivity contribution in [2.75, 3.05) is 7.11 Å². The molecule has 3 N–H and O–H groups in total. The highest BCUT2D eigenvalue weighted by molar-refractivity contribution is 5.00. The van der Waals surface area contributed by atoms with Crippen molar-refractivity contribution in [2.45, 2.75) is 43.7 Å². The number of aromatic nitrogens is 4. The van der Waals surface area contributed by atoms with Crippen LogP contribution in [0.4, 0.5) is 0 Å². The molecule has 1 saturated carbocycles. The average molecular weight is 240 g/mol. The number of rotatable bonds is 5. The van der Waals surface area contributed by atoms with E-state index in [1.54, 1.807) is 14.2 Å². The van der Waals surface area contributed by atoms with Crippen molar-refractivity contribution in [1.82, 2.24) is 25.6 Å². The Kier molecular flexibility index (Phi) is 3.70. The SMILES string of the molecule is COC1(C(Cc2nnn(C)n2)NN)CCCC1. The van der Waals surface area contributed by atoms with Crippen molar-refractivity contribution < 1.29 is 4.74 Å². The Morgan fingerprint density at radius 3 is 2.71 bits per heavy atom. The van der Waals surface area contributed by atoms with E-state index in [-0.39, 0.29) is 11.6 Å². The van der Waals surface area contributed by atoms with E-state index < -0.39 is 0 Å². The molecule has 7 heteroatoms. The minimum Gasteiger partial charge on any atom is -0.377 e. The first-order valence-electron chi connectivity index (χ1n) is 5.94. The van der Waals surface area contributed by atoms with Gasteiger partial charge in [0, 0.05) is 13.5 Å². The van der Waals surface area contributed by atoms with Crippen LogP contribution < -0.4 is 11.3 Å². The monoisotopic (exact) mass is 240 g/mol. The Morgan fingerprint density at radius 1 is 1.53 bits per heavy atom. The number of aryl methyl sites for hydroxylation is 1. The first-order valence-corrected chi connectivity index (χ1v) is 5.94. The number of methoxy groups -OCH3 is 1. The van der Waals surface area contributed by atoms with Crippen molar-refractivity contribution in [3.05, 3.63) is 5.82 Å². The highest BCUT2D eigenvalue weighted by Gasteiger charge is 2.41. The van der Waals surface area contributed by atoms with Gasteiger partial charge in [0.25, 0.3) is 0 Å². The van der Waals surface area contributed by atoms with Gasteiger partial charge in [0.1, 0.15) is 0 Å². The van der Waals surface area contributed by atoms with E-state index in [4.69, 9.17) is 10.6 Å². The number of nitrogens with two attached hydrogens (primary N) is 1. The van der Waals surface area contributed by atoms with Crippen LogP contribution in [0, 0.1) is 0 Å². The van der Waals surface area contributed by atoms with Crippen LogP contribution in [0.1, 0.15) is 31.5 Å². The van der Waals surface area contributed by atoms with Crippen LogP contribution in [-0.2, 0) is 18.2 Å². The van der Waals surface area contributed by atoms with E-state index in [0.717, 1.165) is 12.8 Å². The third-order valence-corrected chi connectivity index (χ3v) is 3.63. The summed E-state index contributed by atoms with van der Waals surface area (Å²) in [4.78, 5) is 1.46. The van der Waals surface area contributed by atoms with E-state index in [1.807, 2.05) is 0 Å². The van der Waals surface area contributed by atoms with E-state index in [2.05, 4.69) is 20.8 Å². The predicted molar refractivity (Wildman–Crippen MR) is 61.8 cm³/mol. The van der Waals surface area contributed by atoms with Crippen LogP contribution in [0.2, 0.25) is 0 Å². The molecule has 1 aliphatic carbocycles. The number of nitrogens with one attached hydrogen (secondary N) is 1. The number of hydrazine groups is 1. The summed E-state index contributed by atoms with van der Waals surface area (Å²) in [6.07, 6.45) is 5.05. The lowest BCUT2D eigenvalue weighted by Gasteiger charge is -2.35. The highest BCUT2D eigenvalue weighted by Crippen LogP contribution is 2.36. The summed E-state index contributed by atoms with van der Waals surface area (Å²) < 4.78 is 5.71. The second-order valence-corrected chi connectivity index (χ2v) is 4.59. The first-order chi connectivity index (χ1) is 8.20. The molecule has 0 radical (unpaired) electrons. The number of nitrogens with zero attached hydrogens (tertiary/aromatic N) is 4. The third-order valence-electron chi connectivity index (χ3n) is 3.63. The lowest BCUT2D eigenvalue weighted by molar-refractivity contribution is -0.0360. The predicted octanol–water partition coefficient (Wildman–Crippen LogP) is -0.456. The van der Waals surface area contributed by atoms with Gasteiger partial charge in [-0.25, -0.2) is 0 Å². The molecule has 0 aromatic carbocycles. The second kappa shape index (κ2) is 5.07. The van der Waals surface area contributed by atoms with Gasteiger partial charge >= 0.3 is 0 Å². The Morgan fingerprint density at radius 2 is 2.24 bits per heavy atom. The zero-order valence-corrected chi connectivity index (χ0v) is 10.4. The maximum Gasteiger partial charge on any atom is 0.176 e. The van der Waals surface area contributed by atoms with Gasteiger partial charge in [0.2, 0.25) is 0 Å². The Hall–Kier alpha value is -1.05. The Labute approximate surface area is 101 Å². The van der Waals surface area contributed by atoms with Gasteiger partial charge in [-0.2, -0.15) is 4.80 Å². The standard InChI is InChI=1S/C10H20N6O/c1-16-14-9(13-15-16)7-8(12-11)10(17-2)5-3-4-6-10/h8,12H,3-7,11H2,1-2H3. The molecule has 0 spiro atoms. The molecule has 1 aromatic rings. The van der Waals surface area contributed by atoms with Gasteiger partial charge in [-0.1, -0.05) is 12.8 Å². The molecule has 17 heavy (non-hydrogen) atoms. The van der Waals surface area contributed by atoms with Crippen LogP contribution in [0.25, 0.3) is 0 Å². The smallest absolute Gasteiger partial charge is 0.176 e. The topological polar surface area (TPSA) is 90.9 Å². The zero-order chi connectivity index (χ0) is 12.3. The van der Waals surface area contributed by atoms with Gasteiger partial charge in [-0.3, -0.25) is 11.3 Å². The summed E-state index contributed by atoms with van der Waals surface area (Å²) in [5.74, 6) is 6.35. The summed E-state index contributed by atoms with van der Waals surface area (Å²) in [6, 6.07) is 0.0270. The largest absolute Gasteiger partial charge is 0.377 e. The normalized spacial score (nSPS) is 20.6. The second-order valence-electron chi connectivity index (χ2n) is 4.59. The lowest BCUT2D eigenvalue weighted by atomic mass is 9.90. The van der Waals surface area contributed by atoms with Gasteiger partial charge in [0.15, 0.2) is 5.82 Å². The molecule has 0 saturated heterocycles. The van der Waals surface area contributed by atoms with Crippen LogP contribution >= 0.6 is 0 Å². The molecular formula is C10H20N6O. The molecule has 96 valence electrons. The maximum atomic E-state index is 5.71. The highest BCUT2D eigenvalue weighted by atomic mass is 16.5. The molecule has 7 nitrogen and oxygen atoms in total. The molecular weight excluding hydrogens is 220 g/mol. The van der Waals surface area contributed by atoms with Crippen LogP contribution in [0.5, 0.6) is 0 Å². The van der Waals surface area contributed by atoms with E-state index in [0.29, 0.717) is 12.2 Å².